The molecule has 0 aliphatic heterocycles. The number of nitrogens with two attached hydrogens (primary N) is 1. The van der Waals surface area contributed by atoms with Gasteiger partial charge in [-0.25, -0.2) is 4.98 Å². The first-order valence-electron chi connectivity index (χ1n) is 8.61. The molecule has 0 aliphatic rings. The smallest absolute Gasteiger partial charge is 0.240 e. The number of hydrogen-bond acceptors (Lipinski definition) is 4. The van der Waals surface area contributed by atoms with E-state index >= 15 is 0 Å². The predicted molar refractivity (Wildman–Crippen MR) is 116 cm³/mol. The van der Waals surface area contributed by atoms with Gasteiger partial charge in [-0.05, 0) is 38.1 Å². The van der Waals surface area contributed by atoms with E-state index in [2.05, 4.69) is 10.3 Å². The molecule has 0 unspecified atom stereocenters. The average Bonchev–Trinajstić information content (AvgIpc) is 2.98. The number of carbonyl (C=O) groups excluding carboxylic acids is 1. The highest BCUT2D eigenvalue weighted by Gasteiger charge is 2.20. The number of imidazole rings is 1. The average molecular weight is 425 g/mol. The maximum absolute atomic E-state index is 12.5. The number of halogens is 2. The van der Waals surface area contributed by atoms with Gasteiger partial charge in [-0.15, -0.1) is 24.8 Å². The highest BCUT2D eigenvalue weighted by Crippen LogP contribution is 2.18. The van der Waals surface area contributed by atoms with Crippen molar-refractivity contribution in [1.29, 1.82) is 0 Å². The van der Waals surface area contributed by atoms with Crippen LogP contribution >= 0.6 is 24.8 Å². The Morgan fingerprint density at radius 1 is 1.11 bits per heavy atom. The van der Waals surface area contributed by atoms with Crippen molar-refractivity contribution in [3.8, 4) is 5.75 Å². The molecule has 6 nitrogen and oxygen atoms in total. The normalized spacial score (nSPS) is 10.7. The van der Waals surface area contributed by atoms with Gasteiger partial charge in [0.2, 0.25) is 5.91 Å². The van der Waals surface area contributed by atoms with Crippen LogP contribution in [0.15, 0.2) is 54.6 Å². The van der Waals surface area contributed by atoms with Gasteiger partial charge in [0.15, 0.2) is 0 Å². The van der Waals surface area contributed by atoms with Gasteiger partial charge in [0.05, 0.1) is 11.0 Å². The molecule has 0 radical (unpaired) electrons. The quantitative estimate of drug-likeness (QED) is 0.609. The van der Waals surface area contributed by atoms with Gasteiger partial charge in [-0.2, -0.15) is 0 Å². The standard InChI is InChI=1S/C20H24N4O2.2ClH/c1-20(2,14-21)23-19(25)12-24-17-11-7-6-10-16(17)22-18(24)13-26-15-8-4-3-5-9-15;;/h3-11H,12-14,21H2,1-2H3,(H,23,25);2*1H. The molecule has 28 heavy (non-hydrogen) atoms. The number of ether oxygens (including phenoxy) is 1. The summed E-state index contributed by atoms with van der Waals surface area (Å²) >= 11 is 0. The lowest BCUT2D eigenvalue weighted by Crippen LogP contribution is -2.49. The third-order valence-corrected chi connectivity index (χ3v) is 4.13. The Kier molecular flexibility index (Phi) is 8.75. The molecule has 152 valence electrons. The predicted octanol–water partition coefficient (Wildman–Crippen LogP) is 3.31. The van der Waals surface area contributed by atoms with Crippen molar-refractivity contribution in [1.82, 2.24) is 14.9 Å². The van der Waals surface area contributed by atoms with Crippen LogP contribution in [0.1, 0.15) is 19.7 Å². The SMILES string of the molecule is CC(C)(CN)NC(=O)Cn1c(COc2ccccc2)nc2ccccc21.Cl.Cl. The number of para-hydroxylation sites is 3. The molecule has 8 heteroatoms. The lowest BCUT2D eigenvalue weighted by atomic mass is 10.1. The second kappa shape index (κ2) is 10.3. The largest absolute Gasteiger partial charge is 0.486 e. The molecule has 3 aromatic rings. The molecule has 0 saturated heterocycles. The lowest BCUT2D eigenvalue weighted by Gasteiger charge is -2.24. The summed E-state index contributed by atoms with van der Waals surface area (Å²) in [6.07, 6.45) is 0. The van der Waals surface area contributed by atoms with Gasteiger partial charge in [0.1, 0.15) is 24.7 Å². The van der Waals surface area contributed by atoms with E-state index in [9.17, 15) is 4.79 Å². The fourth-order valence-corrected chi connectivity index (χ4v) is 2.69. The van der Waals surface area contributed by atoms with Crippen LogP contribution < -0.4 is 15.8 Å². The third kappa shape index (κ3) is 5.86. The van der Waals surface area contributed by atoms with Gasteiger partial charge in [-0.1, -0.05) is 30.3 Å². The zero-order valence-electron chi connectivity index (χ0n) is 15.9. The molecule has 1 heterocycles. The van der Waals surface area contributed by atoms with Crippen molar-refractivity contribution in [2.75, 3.05) is 6.54 Å². The van der Waals surface area contributed by atoms with Crippen molar-refractivity contribution < 1.29 is 9.53 Å². The Hall–Kier alpha value is -2.28. The maximum atomic E-state index is 12.5. The van der Waals surface area contributed by atoms with E-state index in [0.29, 0.717) is 12.4 Å². The van der Waals surface area contributed by atoms with Crippen LogP contribution in [0, 0.1) is 0 Å². The molecular weight excluding hydrogens is 399 g/mol. The number of nitrogens with one attached hydrogen (secondary N) is 1. The fraction of sp³-hybridized carbons (Fsp3) is 0.300. The van der Waals surface area contributed by atoms with Crippen molar-refractivity contribution in [2.24, 2.45) is 5.73 Å². The minimum absolute atomic E-state index is 0. The van der Waals surface area contributed by atoms with Crippen LogP contribution in [0.3, 0.4) is 0 Å². The Morgan fingerprint density at radius 3 is 2.43 bits per heavy atom. The molecule has 0 fully saturated rings. The van der Waals surface area contributed by atoms with E-state index in [4.69, 9.17) is 10.5 Å². The van der Waals surface area contributed by atoms with Crippen LogP contribution in [0.25, 0.3) is 11.0 Å². The van der Waals surface area contributed by atoms with Gasteiger partial charge < -0.3 is 20.4 Å². The number of amides is 1. The number of aromatic nitrogens is 2. The first-order chi connectivity index (χ1) is 12.5. The molecule has 0 saturated carbocycles. The summed E-state index contributed by atoms with van der Waals surface area (Å²) < 4.78 is 7.72. The van der Waals surface area contributed by atoms with E-state index in [1.54, 1.807) is 0 Å². The minimum atomic E-state index is -0.450. The molecule has 0 aliphatic carbocycles. The minimum Gasteiger partial charge on any atom is -0.486 e. The summed E-state index contributed by atoms with van der Waals surface area (Å²) in [5.74, 6) is 1.36. The molecule has 2 aromatic carbocycles. The van der Waals surface area contributed by atoms with Gasteiger partial charge in [0, 0.05) is 12.1 Å². The first-order valence-corrected chi connectivity index (χ1v) is 8.61. The topological polar surface area (TPSA) is 82.2 Å². The fourth-order valence-electron chi connectivity index (χ4n) is 2.69. The number of rotatable bonds is 7. The Bertz CT molecular complexity index is 898. The van der Waals surface area contributed by atoms with E-state index in [0.717, 1.165) is 16.8 Å². The van der Waals surface area contributed by atoms with E-state index in [-0.39, 0.29) is 43.9 Å². The second-order valence-electron chi connectivity index (χ2n) is 6.84. The molecule has 0 bridgehead atoms. The lowest BCUT2D eigenvalue weighted by molar-refractivity contribution is -0.123. The van der Waals surface area contributed by atoms with E-state index in [1.807, 2.05) is 73.0 Å². The van der Waals surface area contributed by atoms with E-state index in [1.165, 1.54) is 0 Å². The maximum Gasteiger partial charge on any atom is 0.240 e. The van der Waals surface area contributed by atoms with Crippen LogP contribution in [0.2, 0.25) is 0 Å². The van der Waals surface area contributed by atoms with Crippen LogP contribution in [-0.4, -0.2) is 27.5 Å². The van der Waals surface area contributed by atoms with Crippen LogP contribution in [0.4, 0.5) is 0 Å². The number of fused-ring (bicyclic) bond motifs is 1. The number of nitrogens with zero attached hydrogens (tertiary/aromatic N) is 2. The summed E-state index contributed by atoms with van der Waals surface area (Å²) in [6, 6.07) is 17.3. The molecule has 1 aromatic heterocycles. The molecule has 1 amide bonds. The monoisotopic (exact) mass is 424 g/mol. The Labute approximate surface area is 177 Å². The molecule has 0 spiro atoms. The molecular formula is C20H26Cl2N4O2. The summed E-state index contributed by atoms with van der Waals surface area (Å²) in [4.78, 5) is 17.1. The third-order valence-electron chi connectivity index (χ3n) is 4.13. The van der Waals surface area contributed by atoms with Crippen LogP contribution in [0.5, 0.6) is 5.75 Å². The number of carbonyl (C=O) groups is 1. The van der Waals surface area contributed by atoms with Gasteiger partial charge >= 0.3 is 0 Å². The molecule has 3 N–H and O–H groups in total. The van der Waals surface area contributed by atoms with E-state index < -0.39 is 5.54 Å². The Morgan fingerprint density at radius 2 is 1.75 bits per heavy atom. The zero-order chi connectivity index (χ0) is 18.6. The number of hydrogen-bond donors (Lipinski definition) is 2. The molecule has 3 rings (SSSR count). The summed E-state index contributed by atoms with van der Waals surface area (Å²) in [7, 11) is 0. The van der Waals surface area contributed by atoms with Gasteiger partial charge in [-0.3, -0.25) is 4.79 Å². The van der Waals surface area contributed by atoms with Crippen molar-refractivity contribution in [3.63, 3.8) is 0 Å². The number of benzene rings is 2. The van der Waals surface area contributed by atoms with Crippen molar-refractivity contribution in [3.05, 3.63) is 60.4 Å². The summed E-state index contributed by atoms with van der Waals surface area (Å²) in [5, 5.41) is 2.96. The Balaban J connectivity index is 0.00000196. The summed E-state index contributed by atoms with van der Waals surface area (Å²) in [6.45, 7) is 4.61. The summed E-state index contributed by atoms with van der Waals surface area (Å²) in [5.41, 5.74) is 7.00. The zero-order valence-corrected chi connectivity index (χ0v) is 17.6. The van der Waals surface area contributed by atoms with Gasteiger partial charge in [0.25, 0.3) is 0 Å². The molecule has 0 atom stereocenters. The van der Waals surface area contributed by atoms with Crippen LogP contribution in [-0.2, 0) is 17.9 Å². The second-order valence-corrected chi connectivity index (χ2v) is 6.84. The first kappa shape index (κ1) is 23.8. The van der Waals surface area contributed by atoms with Crippen molar-refractivity contribution in [2.45, 2.75) is 32.5 Å². The van der Waals surface area contributed by atoms with Crippen molar-refractivity contribution >= 4 is 41.8 Å². The highest BCUT2D eigenvalue weighted by atomic mass is 35.5. The highest BCUT2D eigenvalue weighted by molar-refractivity contribution is 5.85.